The normalized spacial score (nSPS) is 11.2. The number of benzene rings is 1. The van der Waals surface area contributed by atoms with Gasteiger partial charge >= 0.3 is 0 Å². The van der Waals surface area contributed by atoms with Crippen molar-refractivity contribution in [1.82, 2.24) is 19.9 Å². The van der Waals surface area contributed by atoms with E-state index in [4.69, 9.17) is 10.9 Å². The SMILES string of the molecule is Nc1ccc(-c2ncnc(Nc3cccc(CS(N)(=O)=O)c3)n2)cn1. The molecule has 0 unspecified atom stereocenters. The molecule has 0 aliphatic rings. The molecule has 3 rings (SSSR count). The maximum Gasteiger partial charge on any atom is 0.230 e. The summed E-state index contributed by atoms with van der Waals surface area (Å²) in [6.45, 7) is 0. The van der Waals surface area contributed by atoms with Crippen LogP contribution in [0.1, 0.15) is 5.56 Å². The van der Waals surface area contributed by atoms with Gasteiger partial charge in [-0.05, 0) is 29.8 Å². The van der Waals surface area contributed by atoms with Crippen molar-refractivity contribution in [2.24, 2.45) is 5.14 Å². The number of sulfonamides is 1. The van der Waals surface area contributed by atoms with Crippen LogP contribution >= 0.6 is 0 Å². The van der Waals surface area contributed by atoms with Crippen LogP contribution in [0.4, 0.5) is 17.5 Å². The van der Waals surface area contributed by atoms with Gasteiger partial charge in [0.1, 0.15) is 12.1 Å². The zero-order valence-corrected chi connectivity index (χ0v) is 13.8. The fraction of sp³-hybridized carbons (Fsp3) is 0.0667. The van der Waals surface area contributed by atoms with E-state index in [9.17, 15) is 8.42 Å². The van der Waals surface area contributed by atoms with Crippen molar-refractivity contribution in [3.63, 3.8) is 0 Å². The third-order valence-corrected chi connectivity index (χ3v) is 3.90. The third-order valence-electron chi connectivity index (χ3n) is 3.17. The molecule has 0 amide bonds. The Kier molecular flexibility index (Phi) is 4.55. The molecule has 5 N–H and O–H groups in total. The maximum atomic E-state index is 11.2. The van der Waals surface area contributed by atoms with E-state index in [1.165, 1.54) is 6.33 Å². The van der Waals surface area contributed by atoms with Gasteiger partial charge in [-0.15, -0.1) is 0 Å². The number of primary sulfonamides is 1. The lowest BCUT2D eigenvalue weighted by atomic mass is 10.2. The van der Waals surface area contributed by atoms with Gasteiger partial charge in [0.05, 0.1) is 5.75 Å². The molecular weight excluding hydrogens is 342 g/mol. The summed E-state index contributed by atoms with van der Waals surface area (Å²) in [5.41, 5.74) is 7.46. The number of pyridine rings is 1. The number of nitrogens with zero attached hydrogens (tertiary/aromatic N) is 4. The van der Waals surface area contributed by atoms with E-state index in [0.29, 0.717) is 34.4 Å². The Hall–Kier alpha value is -3.11. The minimum Gasteiger partial charge on any atom is -0.384 e. The molecule has 0 fully saturated rings. The molecule has 0 bridgehead atoms. The first kappa shape index (κ1) is 16.7. The van der Waals surface area contributed by atoms with Crippen molar-refractivity contribution in [2.75, 3.05) is 11.1 Å². The van der Waals surface area contributed by atoms with Gasteiger partial charge in [-0.2, -0.15) is 4.98 Å². The Morgan fingerprint density at radius 2 is 1.92 bits per heavy atom. The number of hydrogen-bond donors (Lipinski definition) is 3. The van der Waals surface area contributed by atoms with E-state index >= 15 is 0 Å². The van der Waals surface area contributed by atoms with Gasteiger partial charge in [-0.3, -0.25) is 0 Å². The lowest BCUT2D eigenvalue weighted by Gasteiger charge is -2.07. The second kappa shape index (κ2) is 6.79. The fourth-order valence-corrected chi connectivity index (χ4v) is 2.78. The van der Waals surface area contributed by atoms with Crippen molar-refractivity contribution in [1.29, 1.82) is 0 Å². The van der Waals surface area contributed by atoms with Crippen molar-refractivity contribution in [2.45, 2.75) is 5.75 Å². The molecule has 2 aromatic heterocycles. The number of rotatable bonds is 5. The van der Waals surface area contributed by atoms with Crippen molar-refractivity contribution >= 4 is 27.5 Å². The minimum atomic E-state index is -3.60. The molecule has 0 radical (unpaired) electrons. The topological polar surface area (TPSA) is 150 Å². The summed E-state index contributed by atoms with van der Waals surface area (Å²) in [5, 5.41) is 8.08. The van der Waals surface area contributed by atoms with Crippen molar-refractivity contribution < 1.29 is 8.42 Å². The number of nitrogens with two attached hydrogens (primary N) is 2. The lowest BCUT2D eigenvalue weighted by molar-refractivity contribution is 0.597. The second-order valence-electron chi connectivity index (χ2n) is 5.24. The number of anilines is 3. The highest BCUT2D eigenvalue weighted by atomic mass is 32.2. The lowest BCUT2D eigenvalue weighted by Crippen LogP contribution is -2.14. The van der Waals surface area contributed by atoms with Crippen LogP contribution in [0.5, 0.6) is 0 Å². The minimum absolute atomic E-state index is 0.248. The van der Waals surface area contributed by atoms with Gasteiger partial charge in [-0.25, -0.2) is 28.5 Å². The summed E-state index contributed by atoms with van der Waals surface area (Å²) < 4.78 is 22.4. The molecule has 0 aliphatic heterocycles. The van der Waals surface area contributed by atoms with E-state index in [1.807, 2.05) is 0 Å². The van der Waals surface area contributed by atoms with E-state index in [1.54, 1.807) is 42.6 Å². The van der Waals surface area contributed by atoms with Crippen LogP contribution in [0.25, 0.3) is 11.4 Å². The van der Waals surface area contributed by atoms with Gasteiger partial charge in [0, 0.05) is 17.4 Å². The number of aromatic nitrogens is 4. The standard InChI is InChI=1S/C15H15N7O2S/c16-13-5-4-11(7-18-13)14-19-9-20-15(22-14)21-12-3-1-2-10(6-12)8-25(17,23)24/h1-7,9H,8H2,(H2,16,18)(H2,17,23,24)(H,19,20,21,22). The molecule has 25 heavy (non-hydrogen) atoms. The van der Waals surface area contributed by atoms with Crippen LogP contribution < -0.4 is 16.2 Å². The molecule has 2 heterocycles. The molecule has 1 aromatic carbocycles. The molecule has 128 valence electrons. The van der Waals surface area contributed by atoms with Gasteiger partial charge in [-0.1, -0.05) is 12.1 Å². The molecule has 0 saturated heterocycles. The average Bonchev–Trinajstić information content (AvgIpc) is 2.54. The first-order chi connectivity index (χ1) is 11.9. The van der Waals surface area contributed by atoms with Crippen molar-refractivity contribution in [3.8, 4) is 11.4 Å². The highest BCUT2D eigenvalue weighted by Gasteiger charge is 2.08. The highest BCUT2D eigenvalue weighted by Crippen LogP contribution is 2.18. The Morgan fingerprint density at radius 3 is 2.64 bits per heavy atom. The van der Waals surface area contributed by atoms with E-state index < -0.39 is 10.0 Å². The second-order valence-corrected chi connectivity index (χ2v) is 6.85. The summed E-state index contributed by atoms with van der Waals surface area (Å²) in [5.74, 6) is 0.908. The van der Waals surface area contributed by atoms with Crippen LogP contribution in [0.3, 0.4) is 0 Å². The van der Waals surface area contributed by atoms with Gasteiger partial charge in [0.25, 0.3) is 0 Å². The molecule has 0 aliphatic carbocycles. The molecular formula is C15H15N7O2S. The zero-order chi connectivity index (χ0) is 17.9. The van der Waals surface area contributed by atoms with Crippen LogP contribution in [-0.4, -0.2) is 28.4 Å². The predicted octanol–water partition coefficient (Wildman–Crippen LogP) is 1.05. The monoisotopic (exact) mass is 357 g/mol. The van der Waals surface area contributed by atoms with Gasteiger partial charge in [0.2, 0.25) is 16.0 Å². The van der Waals surface area contributed by atoms with E-state index in [0.717, 1.165) is 0 Å². The zero-order valence-electron chi connectivity index (χ0n) is 13.0. The fourth-order valence-electron chi connectivity index (χ4n) is 2.13. The van der Waals surface area contributed by atoms with Crippen LogP contribution in [0.15, 0.2) is 48.9 Å². The third kappa shape index (κ3) is 4.68. The molecule has 0 saturated carbocycles. The smallest absolute Gasteiger partial charge is 0.230 e. The summed E-state index contributed by atoms with van der Waals surface area (Å²) in [6, 6.07) is 10.2. The maximum absolute atomic E-state index is 11.2. The molecule has 0 atom stereocenters. The predicted molar refractivity (Wildman–Crippen MR) is 94.0 cm³/mol. The average molecular weight is 357 g/mol. The van der Waals surface area contributed by atoms with Crippen LogP contribution in [-0.2, 0) is 15.8 Å². The van der Waals surface area contributed by atoms with E-state index in [2.05, 4.69) is 25.3 Å². The molecule has 10 heteroatoms. The Balaban J connectivity index is 1.83. The first-order valence-corrected chi connectivity index (χ1v) is 8.88. The number of hydrogen-bond acceptors (Lipinski definition) is 8. The van der Waals surface area contributed by atoms with Crippen LogP contribution in [0, 0.1) is 0 Å². The number of nitrogen functional groups attached to an aromatic ring is 1. The quantitative estimate of drug-likeness (QED) is 0.613. The van der Waals surface area contributed by atoms with Gasteiger partial charge < -0.3 is 11.1 Å². The van der Waals surface area contributed by atoms with Crippen molar-refractivity contribution in [3.05, 3.63) is 54.5 Å². The summed E-state index contributed by atoms with van der Waals surface area (Å²) >= 11 is 0. The summed E-state index contributed by atoms with van der Waals surface area (Å²) in [7, 11) is -3.60. The largest absolute Gasteiger partial charge is 0.384 e. The highest BCUT2D eigenvalue weighted by molar-refractivity contribution is 7.88. The Labute approximate surface area is 144 Å². The molecule has 9 nitrogen and oxygen atoms in total. The van der Waals surface area contributed by atoms with Crippen LogP contribution in [0.2, 0.25) is 0 Å². The summed E-state index contributed by atoms with van der Waals surface area (Å²) in [4.78, 5) is 16.5. The number of nitrogens with one attached hydrogen (secondary N) is 1. The molecule has 3 aromatic rings. The van der Waals surface area contributed by atoms with Gasteiger partial charge in [0.15, 0.2) is 5.82 Å². The Morgan fingerprint density at radius 1 is 1.08 bits per heavy atom. The molecule has 0 spiro atoms. The van der Waals surface area contributed by atoms with E-state index in [-0.39, 0.29) is 5.75 Å². The first-order valence-electron chi connectivity index (χ1n) is 7.16. The summed E-state index contributed by atoms with van der Waals surface area (Å²) in [6.07, 6.45) is 2.94. The Bertz CT molecular complexity index is 991.